The number of allylic oxidation sites excluding steroid dienone is 2. The molecule has 154 valence electrons. The second-order valence-electron chi connectivity index (χ2n) is 7.25. The second kappa shape index (κ2) is 10.1. The average molecular weight is 393 g/mol. The van der Waals surface area contributed by atoms with E-state index in [0.717, 1.165) is 30.6 Å². The van der Waals surface area contributed by atoms with Gasteiger partial charge in [-0.2, -0.15) is 0 Å². The van der Waals surface area contributed by atoms with E-state index in [2.05, 4.69) is 57.7 Å². The Morgan fingerprint density at radius 1 is 0.793 bits per heavy atom. The largest absolute Gasteiger partial charge is 0.458 e. The van der Waals surface area contributed by atoms with Gasteiger partial charge in [0.1, 0.15) is 17.3 Å². The summed E-state index contributed by atoms with van der Waals surface area (Å²) in [5.74, 6) is 1.33. The fraction of sp³-hybridized carbons (Fsp3) is 0.346. The lowest BCUT2D eigenvalue weighted by Gasteiger charge is -2.15. The number of rotatable bonds is 8. The molecule has 2 aromatic rings. The fourth-order valence-electron chi connectivity index (χ4n) is 3.15. The van der Waals surface area contributed by atoms with Crippen molar-refractivity contribution < 1.29 is 14.3 Å². The summed E-state index contributed by atoms with van der Waals surface area (Å²) in [6.45, 7) is 15.2. The van der Waals surface area contributed by atoms with Gasteiger partial charge in [-0.05, 0) is 80.0 Å². The first-order chi connectivity index (χ1) is 13.8. The van der Waals surface area contributed by atoms with Crippen LogP contribution in [0.15, 0.2) is 60.1 Å². The summed E-state index contributed by atoms with van der Waals surface area (Å²) >= 11 is 0. The van der Waals surface area contributed by atoms with Crippen LogP contribution in [0.4, 0.5) is 0 Å². The minimum absolute atomic E-state index is 0.358. The molecule has 0 heterocycles. The molecule has 0 saturated carbocycles. The van der Waals surface area contributed by atoms with Gasteiger partial charge in [-0.1, -0.05) is 51.6 Å². The van der Waals surface area contributed by atoms with E-state index >= 15 is 0 Å². The summed E-state index contributed by atoms with van der Waals surface area (Å²) in [7, 11) is 0. The quantitative estimate of drug-likeness (QED) is 0.282. The summed E-state index contributed by atoms with van der Waals surface area (Å²) in [5, 5.41) is 0. The Morgan fingerprint density at radius 3 is 1.90 bits per heavy atom. The van der Waals surface area contributed by atoms with Gasteiger partial charge in [0.05, 0.1) is 0 Å². The van der Waals surface area contributed by atoms with E-state index in [1.807, 2.05) is 6.07 Å². The summed E-state index contributed by atoms with van der Waals surface area (Å²) in [4.78, 5) is 11.7. The maximum Gasteiger partial charge on any atom is 0.338 e. The Bertz CT molecular complexity index is 935. The van der Waals surface area contributed by atoms with E-state index < -0.39 is 5.97 Å². The monoisotopic (exact) mass is 392 g/mol. The molecule has 0 aliphatic rings. The van der Waals surface area contributed by atoms with Gasteiger partial charge < -0.3 is 9.47 Å². The number of ether oxygens (including phenoxy) is 2. The van der Waals surface area contributed by atoms with Crippen molar-refractivity contribution in [2.75, 3.05) is 0 Å². The normalized spacial score (nSPS) is 11.7. The standard InChI is InChI=1S/C26H32O3/c1-8-20-11-12-23(15-21(20)9-2)24-13-14-25(22(10-3)16-24)28-18(6)19(7)29-26(27)17(4)5/h11-16H,4,8-10H2,1-3,5-7H3/b19-18+. The van der Waals surface area contributed by atoms with E-state index in [1.54, 1.807) is 20.8 Å². The molecule has 0 atom stereocenters. The van der Waals surface area contributed by atoms with E-state index in [4.69, 9.17) is 9.47 Å². The highest BCUT2D eigenvalue weighted by atomic mass is 16.6. The van der Waals surface area contributed by atoms with Gasteiger partial charge in [0.15, 0.2) is 0 Å². The molecule has 3 nitrogen and oxygen atoms in total. The number of aryl methyl sites for hydroxylation is 3. The van der Waals surface area contributed by atoms with Crippen molar-refractivity contribution in [2.24, 2.45) is 0 Å². The first kappa shape index (κ1) is 22.5. The molecule has 0 aromatic heterocycles. The molecule has 2 aromatic carbocycles. The van der Waals surface area contributed by atoms with E-state index in [0.29, 0.717) is 17.1 Å². The highest BCUT2D eigenvalue weighted by molar-refractivity contribution is 5.87. The topological polar surface area (TPSA) is 35.5 Å². The highest BCUT2D eigenvalue weighted by Gasteiger charge is 2.12. The second-order valence-corrected chi connectivity index (χ2v) is 7.25. The number of hydrogen-bond acceptors (Lipinski definition) is 3. The third-order valence-corrected chi connectivity index (χ3v) is 5.10. The molecular formula is C26H32O3. The molecular weight excluding hydrogens is 360 g/mol. The molecule has 0 aliphatic heterocycles. The van der Waals surface area contributed by atoms with E-state index in [9.17, 15) is 4.79 Å². The third kappa shape index (κ3) is 5.60. The van der Waals surface area contributed by atoms with Crippen molar-refractivity contribution in [3.8, 4) is 16.9 Å². The summed E-state index contributed by atoms with van der Waals surface area (Å²) in [5.41, 5.74) is 6.68. The molecule has 0 N–H and O–H groups in total. The number of benzene rings is 2. The van der Waals surface area contributed by atoms with Gasteiger partial charge in [-0.3, -0.25) is 0 Å². The summed E-state index contributed by atoms with van der Waals surface area (Å²) in [6, 6.07) is 13.0. The first-order valence-electron chi connectivity index (χ1n) is 10.3. The lowest BCUT2D eigenvalue weighted by atomic mass is 9.95. The Kier molecular flexibility index (Phi) is 7.83. The maximum atomic E-state index is 11.7. The minimum atomic E-state index is -0.446. The Labute approximate surface area is 175 Å². The molecule has 0 saturated heterocycles. The minimum Gasteiger partial charge on any atom is -0.458 e. The van der Waals surface area contributed by atoms with Crippen LogP contribution in [0.3, 0.4) is 0 Å². The van der Waals surface area contributed by atoms with Gasteiger partial charge in [0.2, 0.25) is 0 Å². The Balaban J connectivity index is 2.31. The van der Waals surface area contributed by atoms with Crippen LogP contribution in [0.1, 0.15) is 58.2 Å². The van der Waals surface area contributed by atoms with Crippen molar-refractivity contribution >= 4 is 5.97 Å². The summed E-state index contributed by atoms with van der Waals surface area (Å²) < 4.78 is 11.3. The van der Waals surface area contributed by atoms with Crippen molar-refractivity contribution in [1.82, 2.24) is 0 Å². The molecule has 0 fully saturated rings. The SMILES string of the molecule is C=C(C)C(=O)O/C(C)=C(\C)Oc1ccc(-c2ccc(CC)c(CC)c2)cc1CC. The Morgan fingerprint density at radius 2 is 1.34 bits per heavy atom. The van der Waals surface area contributed by atoms with Crippen LogP contribution in [-0.4, -0.2) is 5.97 Å². The molecule has 29 heavy (non-hydrogen) atoms. The number of hydrogen-bond donors (Lipinski definition) is 0. The number of esters is 1. The zero-order valence-corrected chi connectivity index (χ0v) is 18.5. The van der Waals surface area contributed by atoms with Crippen LogP contribution in [0.25, 0.3) is 11.1 Å². The van der Waals surface area contributed by atoms with Crippen LogP contribution >= 0.6 is 0 Å². The van der Waals surface area contributed by atoms with Crippen LogP contribution in [0.2, 0.25) is 0 Å². The molecule has 0 bridgehead atoms. The maximum absolute atomic E-state index is 11.7. The van der Waals surface area contributed by atoms with Crippen molar-refractivity contribution in [3.05, 3.63) is 76.8 Å². The zero-order chi connectivity index (χ0) is 21.6. The predicted octanol–water partition coefficient (Wildman–Crippen LogP) is 6.79. The van der Waals surface area contributed by atoms with E-state index in [-0.39, 0.29) is 0 Å². The predicted molar refractivity (Wildman–Crippen MR) is 120 cm³/mol. The molecule has 0 unspecified atom stereocenters. The number of carbonyl (C=O) groups excluding carboxylic acids is 1. The van der Waals surface area contributed by atoms with Crippen molar-refractivity contribution in [2.45, 2.75) is 60.8 Å². The first-order valence-corrected chi connectivity index (χ1v) is 10.3. The van der Waals surface area contributed by atoms with Gasteiger partial charge in [0.25, 0.3) is 0 Å². The average Bonchev–Trinajstić information content (AvgIpc) is 2.73. The van der Waals surface area contributed by atoms with Crippen LogP contribution in [-0.2, 0) is 28.8 Å². The lowest BCUT2D eigenvalue weighted by Crippen LogP contribution is -2.07. The van der Waals surface area contributed by atoms with Crippen molar-refractivity contribution in [3.63, 3.8) is 0 Å². The zero-order valence-electron chi connectivity index (χ0n) is 18.5. The molecule has 0 aliphatic carbocycles. The highest BCUT2D eigenvalue weighted by Crippen LogP contribution is 2.30. The van der Waals surface area contributed by atoms with Crippen LogP contribution in [0, 0.1) is 0 Å². The summed E-state index contributed by atoms with van der Waals surface area (Å²) in [6.07, 6.45) is 2.93. The smallest absolute Gasteiger partial charge is 0.338 e. The molecule has 3 heteroatoms. The number of carbonyl (C=O) groups is 1. The van der Waals surface area contributed by atoms with Gasteiger partial charge >= 0.3 is 5.97 Å². The van der Waals surface area contributed by atoms with E-state index in [1.165, 1.54) is 22.3 Å². The fourth-order valence-corrected chi connectivity index (χ4v) is 3.15. The molecule has 2 rings (SSSR count). The van der Waals surface area contributed by atoms with Gasteiger partial charge in [-0.15, -0.1) is 0 Å². The molecule has 0 amide bonds. The van der Waals surface area contributed by atoms with Gasteiger partial charge in [0, 0.05) is 5.57 Å². The van der Waals surface area contributed by atoms with Crippen molar-refractivity contribution in [1.29, 1.82) is 0 Å². The third-order valence-electron chi connectivity index (χ3n) is 5.10. The van der Waals surface area contributed by atoms with Crippen LogP contribution in [0.5, 0.6) is 5.75 Å². The Hall–Kier alpha value is -2.81. The lowest BCUT2D eigenvalue weighted by molar-refractivity contribution is -0.135. The van der Waals surface area contributed by atoms with Crippen LogP contribution < -0.4 is 4.74 Å². The molecule has 0 radical (unpaired) electrons. The molecule has 0 spiro atoms. The van der Waals surface area contributed by atoms with Gasteiger partial charge in [-0.25, -0.2) is 4.79 Å².